The third-order valence-corrected chi connectivity index (χ3v) is 4.23. The van der Waals surface area contributed by atoms with Gasteiger partial charge in [0.2, 0.25) is 0 Å². The quantitative estimate of drug-likeness (QED) is 0.817. The zero-order valence-electron chi connectivity index (χ0n) is 16.3. The smallest absolute Gasteiger partial charge is 0.258 e. The average molecular weight is 357 g/mol. The Labute approximate surface area is 155 Å². The maximum atomic E-state index is 12.3. The molecule has 2 aromatic rings. The molecule has 0 unspecified atom stereocenters. The van der Waals surface area contributed by atoms with Gasteiger partial charge in [-0.2, -0.15) is 0 Å². The Kier molecular flexibility index (Phi) is 6.50. The van der Waals surface area contributed by atoms with Gasteiger partial charge in [0.05, 0.1) is 20.3 Å². The highest BCUT2D eigenvalue weighted by atomic mass is 16.5. The second kappa shape index (κ2) is 8.61. The highest BCUT2D eigenvalue weighted by Crippen LogP contribution is 2.29. The van der Waals surface area contributed by atoms with Crippen molar-refractivity contribution >= 4 is 5.91 Å². The fraction of sp³-hybridized carbons (Fsp3) is 0.381. The fourth-order valence-electron chi connectivity index (χ4n) is 3.07. The van der Waals surface area contributed by atoms with Crippen molar-refractivity contribution in [2.24, 2.45) is 0 Å². The first kappa shape index (κ1) is 19.6. The van der Waals surface area contributed by atoms with Crippen LogP contribution in [0.4, 0.5) is 0 Å². The van der Waals surface area contributed by atoms with Crippen molar-refractivity contribution in [3.63, 3.8) is 0 Å². The summed E-state index contributed by atoms with van der Waals surface area (Å²) in [7, 11) is 3.21. The Balaban J connectivity index is 2.04. The summed E-state index contributed by atoms with van der Waals surface area (Å²) in [6.07, 6.45) is 0. The highest BCUT2D eigenvalue weighted by Gasteiger charge is 2.16. The molecule has 26 heavy (non-hydrogen) atoms. The molecule has 0 aliphatic rings. The number of amides is 1. The van der Waals surface area contributed by atoms with Crippen LogP contribution in [0.1, 0.15) is 35.2 Å². The van der Waals surface area contributed by atoms with Gasteiger partial charge >= 0.3 is 0 Å². The van der Waals surface area contributed by atoms with Crippen LogP contribution >= 0.6 is 0 Å². The van der Waals surface area contributed by atoms with Crippen LogP contribution in [0.25, 0.3) is 0 Å². The first-order chi connectivity index (χ1) is 12.3. The van der Waals surface area contributed by atoms with E-state index in [-0.39, 0.29) is 18.6 Å². The number of hydrogen-bond donors (Lipinski definition) is 1. The van der Waals surface area contributed by atoms with E-state index in [0.29, 0.717) is 11.5 Å². The molecule has 2 rings (SSSR count). The lowest BCUT2D eigenvalue weighted by Gasteiger charge is -2.19. The highest BCUT2D eigenvalue weighted by molar-refractivity contribution is 5.78. The number of ether oxygens (including phenoxy) is 3. The lowest BCUT2D eigenvalue weighted by atomic mass is 10.1. The Morgan fingerprint density at radius 2 is 1.69 bits per heavy atom. The molecule has 2 aromatic carbocycles. The van der Waals surface area contributed by atoms with Crippen LogP contribution < -0.4 is 19.5 Å². The topological polar surface area (TPSA) is 56.8 Å². The fourth-order valence-corrected chi connectivity index (χ4v) is 3.07. The molecular formula is C21H27NO4. The van der Waals surface area contributed by atoms with E-state index >= 15 is 0 Å². The molecule has 0 saturated heterocycles. The maximum Gasteiger partial charge on any atom is 0.258 e. The summed E-state index contributed by atoms with van der Waals surface area (Å²) in [5.41, 5.74) is 4.08. The zero-order chi connectivity index (χ0) is 19.3. The van der Waals surface area contributed by atoms with Crippen molar-refractivity contribution in [2.45, 2.75) is 33.7 Å². The van der Waals surface area contributed by atoms with Gasteiger partial charge in [-0.15, -0.1) is 0 Å². The molecule has 0 bridgehead atoms. The predicted molar refractivity (Wildman–Crippen MR) is 102 cm³/mol. The van der Waals surface area contributed by atoms with E-state index in [0.717, 1.165) is 22.4 Å². The monoisotopic (exact) mass is 357 g/mol. The Hall–Kier alpha value is -2.69. The van der Waals surface area contributed by atoms with Gasteiger partial charge in [-0.25, -0.2) is 0 Å². The Morgan fingerprint density at radius 3 is 2.27 bits per heavy atom. The van der Waals surface area contributed by atoms with Crippen LogP contribution in [0.15, 0.2) is 30.3 Å². The third-order valence-electron chi connectivity index (χ3n) is 4.23. The average Bonchev–Trinajstić information content (AvgIpc) is 2.60. The molecule has 5 nitrogen and oxygen atoms in total. The Bertz CT molecular complexity index is 763. The molecule has 1 N–H and O–H groups in total. The number of carbonyl (C=O) groups excluding carboxylic acids is 1. The van der Waals surface area contributed by atoms with E-state index in [2.05, 4.69) is 5.32 Å². The number of rotatable bonds is 7. The van der Waals surface area contributed by atoms with Crippen LogP contribution in [0.5, 0.6) is 17.2 Å². The number of aryl methyl sites for hydroxylation is 3. The van der Waals surface area contributed by atoms with Crippen molar-refractivity contribution in [3.8, 4) is 17.2 Å². The standard InChI is InChI=1S/C21H27NO4/c1-13-9-14(2)21(15(3)10-13)26-12-20(23)22-16(4)18-11-17(24-5)7-8-19(18)25-6/h7-11,16H,12H2,1-6H3,(H,22,23)/t16-/m1/s1. The van der Waals surface area contributed by atoms with Crippen molar-refractivity contribution in [3.05, 3.63) is 52.6 Å². The van der Waals surface area contributed by atoms with E-state index in [1.54, 1.807) is 14.2 Å². The minimum absolute atomic E-state index is 0.0403. The summed E-state index contributed by atoms with van der Waals surface area (Å²) >= 11 is 0. The summed E-state index contributed by atoms with van der Waals surface area (Å²) in [4.78, 5) is 12.3. The van der Waals surface area contributed by atoms with Crippen LogP contribution in [-0.2, 0) is 4.79 Å². The molecule has 0 aliphatic heterocycles. The van der Waals surface area contributed by atoms with Crippen LogP contribution in [0.2, 0.25) is 0 Å². The van der Waals surface area contributed by atoms with Gasteiger partial charge in [0.1, 0.15) is 17.2 Å². The zero-order valence-corrected chi connectivity index (χ0v) is 16.3. The van der Waals surface area contributed by atoms with E-state index in [1.165, 1.54) is 5.56 Å². The molecule has 0 aliphatic carbocycles. The third kappa shape index (κ3) is 4.69. The molecule has 0 saturated carbocycles. The van der Waals surface area contributed by atoms with Gasteiger partial charge in [0.25, 0.3) is 5.91 Å². The molecule has 0 heterocycles. The van der Waals surface area contributed by atoms with Gasteiger partial charge < -0.3 is 19.5 Å². The second-order valence-electron chi connectivity index (χ2n) is 6.41. The van der Waals surface area contributed by atoms with E-state index < -0.39 is 0 Å². The minimum Gasteiger partial charge on any atom is -0.497 e. The number of nitrogens with one attached hydrogen (secondary N) is 1. The number of hydrogen-bond acceptors (Lipinski definition) is 4. The molecule has 5 heteroatoms. The van der Waals surface area contributed by atoms with Crippen LogP contribution in [-0.4, -0.2) is 26.7 Å². The molecule has 0 aromatic heterocycles. The van der Waals surface area contributed by atoms with E-state index in [9.17, 15) is 4.79 Å². The molecule has 0 spiro atoms. The number of methoxy groups -OCH3 is 2. The lowest BCUT2D eigenvalue weighted by molar-refractivity contribution is -0.123. The number of benzene rings is 2. The van der Waals surface area contributed by atoms with Gasteiger partial charge in [0, 0.05) is 5.56 Å². The summed E-state index contributed by atoms with van der Waals surface area (Å²) < 4.78 is 16.4. The van der Waals surface area contributed by atoms with E-state index in [1.807, 2.05) is 58.0 Å². The SMILES string of the molecule is COc1ccc(OC)c([C@@H](C)NC(=O)COc2c(C)cc(C)cc2C)c1. The lowest BCUT2D eigenvalue weighted by Crippen LogP contribution is -2.31. The first-order valence-electron chi connectivity index (χ1n) is 8.57. The summed E-state index contributed by atoms with van der Waals surface area (Å²) in [5, 5.41) is 2.94. The van der Waals surface area contributed by atoms with Gasteiger partial charge in [0.15, 0.2) is 6.61 Å². The normalized spacial score (nSPS) is 11.6. The summed E-state index contributed by atoms with van der Waals surface area (Å²) in [6.45, 7) is 7.87. The molecule has 1 amide bonds. The van der Waals surface area contributed by atoms with Crippen LogP contribution in [0, 0.1) is 20.8 Å². The predicted octanol–water partition coefficient (Wildman–Crippen LogP) is 3.89. The van der Waals surface area contributed by atoms with Gasteiger partial charge in [-0.05, 0) is 57.0 Å². The second-order valence-corrected chi connectivity index (χ2v) is 6.41. The van der Waals surface area contributed by atoms with E-state index in [4.69, 9.17) is 14.2 Å². The first-order valence-corrected chi connectivity index (χ1v) is 8.57. The number of carbonyl (C=O) groups is 1. The molecule has 140 valence electrons. The molecular weight excluding hydrogens is 330 g/mol. The summed E-state index contributed by atoms with van der Waals surface area (Å²) in [5.74, 6) is 1.98. The van der Waals surface area contributed by atoms with Gasteiger partial charge in [-0.3, -0.25) is 4.79 Å². The minimum atomic E-state index is -0.239. The maximum absolute atomic E-state index is 12.3. The van der Waals surface area contributed by atoms with Gasteiger partial charge in [-0.1, -0.05) is 17.7 Å². The molecule has 0 radical (unpaired) electrons. The Morgan fingerprint density at radius 1 is 1.04 bits per heavy atom. The molecule has 1 atom stereocenters. The summed E-state index contributed by atoms with van der Waals surface area (Å²) in [6, 6.07) is 9.36. The van der Waals surface area contributed by atoms with Crippen molar-refractivity contribution in [1.82, 2.24) is 5.32 Å². The largest absolute Gasteiger partial charge is 0.497 e. The van der Waals surface area contributed by atoms with Crippen molar-refractivity contribution < 1.29 is 19.0 Å². The molecule has 0 fully saturated rings. The van der Waals surface area contributed by atoms with Crippen molar-refractivity contribution in [2.75, 3.05) is 20.8 Å². The van der Waals surface area contributed by atoms with Crippen LogP contribution in [0.3, 0.4) is 0 Å². The van der Waals surface area contributed by atoms with Crippen molar-refractivity contribution in [1.29, 1.82) is 0 Å².